The SMILES string of the molecule is C[C@H](Nc1nc(-c2ccc([N+](=O)[O-])cc2)cs1)c1ccccc1. The molecule has 23 heavy (non-hydrogen) atoms. The number of hydrogen-bond acceptors (Lipinski definition) is 5. The summed E-state index contributed by atoms with van der Waals surface area (Å²) in [5.74, 6) is 0. The zero-order chi connectivity index (χ0) is 16.2. The molecule has 0 spiro atoms. The molecule has 0 bridgehead atoms. The lowest BCUT2D eigenvalue weighted by Crippen LogP contribution is -2.05. The van der Waals surface area contributed by atoms with E-state index in [-0.39, 0.29) is 11.7 Å². The molecule has 0 aliphatic rings. The van der Waals surface area contributed by atoms with E-state index in [0.29, 0.717) is 0 Å². The minimum absolute atomic E-state index is 0.0834. The minimum atomic E-state index is -0.403. The van der Waals surface area contributed by atoms with Gasteiger partial charge in [-0.05, 0) is 24.6 Å². The van der Waals surface area contributed by atoms with Crippen molar-refractivity contribution in [3.8, 4) is 11.3 Å². The third-order valence-electron chi connectivity index (χ3n) is 3.52. The molecule has 0 radical (unpaired) electrons. The average molecular weight is 325 g/mol. The fourth-order valence-corrected chi connectivity index (χ4v) is 3.04. The third kappa shape index (κ3) is 3.54. The van der Waals surface area contributed by atoms with E-state index in [1.807, 2.05) is 23.6 Å². The van der Waals surface area contributed by atoms with Gasteiger partial charge in [-0.15, -0.1) is 11.3 Å². The molecular formula is C17H15N3O2S. The maximum atomic E-state index is 10.7. The van der Waals surface area contributed by atoms with Crippen LogP contribution in [-0.2, 0) is 0 Å². The molecule has 0 aliphatic heterocycles. The van der Waals surface area contributed by atoms with E-state index in [1.165, 1.54) is 29.0 Å². The van der Waals surface area contributed by atoms with Crippen LogP contribution in [0.3, 0.4) is 0 Å². The predicted octanol–water partition coefficient (Wildman–Crippen LogP) is 4.89. The molecule has 1 aromatic heterocycles. The van der Waals surface area contributed by atoms with Crippen LogP contribution in [0, 0.1) is 10.1 Å². The minimum Gasteiger partial charge on any atom is -0.355 e. The molecule has 0 unspecified atom stereocenters. The highest BCUT2D eigenvalue weighted by atomic mass is 32.1. The largest absolute Gasteiger partial charge is 0.355 e. The molecule has 3 rings (SSSR count). The lowest BCUT2D eigenvalue weighted by Gasteiger charge is -2.12. The molecule has 116 valence electrons. The van der Waals surface area contributed by atoms with Crippen molar-refractivity contribution in [1.82, 2.24) is 4.98 Å². The van der Waals surface area contributed by atoms with Gasteiger partial charge in [0.15, 0.2) is 5.13 Å². The monoisotopic (exact) mass is 325 g/mol. The van der Waals surface area contributed by atoms with Crippen molar-refractivity contribution in [3.63, 3.8) is 0 Å². The van der Waals surface area contributed by atoms with Crippen LogP contribution in [0.25, 0.3) is 11.3 Å². The first-order valence-electron chi connectivity index (χ1n) is 7.15. The number of nitrogens with one attached hydrogen (secondary N) is 1. The topological polar surface area (TPSA) is 68.1 Å². The smallest absolute Gasteiger partial charge is 0.269 e. The number of thiazole rings is 1. The van der Waals surface area contributed by atoms with Gasteiger partial charge in [-0.3, -0.25) is 10.1 Å². The molecule has 0 saturated carbocycles. The van der Waals surface area contributed by atoms with Gasteiger partial charge in [0, 0.05) is 23.1 Å². The average Bonchev–Trinajstić information content (AvgIpc) is 3.04. The zero-order valence-electron chi connectivity index (χ0n) is 12.5. The summed E-state index contributed by atoms with van der Waals surface area (Å²) in [5.41, 5.74) is 2.96. The van der Waals surface area contributed by atoms with Gasteiger partial charge >= 0.3 is 0 Å². The van der Waals surface area contributed by atoms with Gasteiger partial charge in [0.1, 0.15) is 0 Å². The Hall–Kier alpha value is -2.73. The van der Waals surface area contributed by atoms with Crippen LogP contribution in [0.5, 0.6) is 0 Å². The van der Waals surface area contributed by atoms with Crippen LogP contribution in [0.1, 0.15) is 18.5 Å². The summed E-state index contributed by atoms with van der Waals surface area (Å²) in [5, 5.41) is 16.8. The van der Waals surface area contributed by atoms with Crippen molar-refractivity contribution < 1.29 is 4.92 Å². The number of benzene rings is 2. The third-order valence-corrected chi connectivity index (χ3v) is 4.29. The van der Waals surface area contributed by atoms with Crippen molar-refractivity contribution in [3.05, 3.63) is 75.7 Å². The van der Waals surface area contributed by atoms with E-state index in [9.17, 15) is 10.1 Å². The number of hydrogen-bond donors (Lipinski definition) is 1. The molecule has 2 aromatic carbocycles. The van der Waals surface area contributed by atoms with Gasteiger partial charge in [0.05, 0.1) is 16.7 Å². The number of aromatic nitrogens is 1. The Kier molecular flexibility index (Phi) is 4.34. The maximum Gasteiger partial charge on any atom is 0.269 e. The Labute approximate surface area is 137 Å². The highest BCUT2D eigenvalue weighted by Crippen LogP contribution is 2.28. The zero-order valence-corrected chi connectivity index (χ0v) is 13.3. The number of nitro groups is 1. The van der Waals surface area contributed by atoms with Crippen LogP contribution in [0.15, 0.2) is 60.0 Å². The lowest BCUT2D eigenvalue weighted by molar-refractivity contribution is -0.384. The second-order valence-corrected chi connectivity index (χ2v) is 5.98. The number of anilines is 1. The highest BCUT2D eigenvalue weighted by molar-refractivity contribution is 7.14. The van der Waals surface area contributed by atoms with Crippen LogP contribution in [-0.4, -0.2) is 9.91 Å². The molecule has 1 N–H and O–H groups in total. The highest BCUT2D eigenvalue weighted by Gasteiger charge is 2.10. The number of nitro benzene ring substituents is 1. The van der Waals surface area contributed by atoms with Gasteiger partial charge in [-0.25, -0.2) is 4.98 Å². The summed E-state index contributed by atoms with van der Waals surface area (Å²) in [6.07, 6.45) is 0. The van der Waals surface area contributed by atoms with Gasteiger partial charge in [-0.1, -0.05) is 30.3 Å². The first kappa shape index (κ1) is 15.2. The standard InChI is InChI=1S/C17H15N3O2S/c1-12(13-5-3-2-4-6-13)18-17-19-16(11-23-17)14-7-9-15(10-8-14)20(21)22/h2-12H,1H3,(H,18,19)/t12-/m0/s1. The molecule has 3 aromatic rings. The van der Waals surface area contributed by atoms with Gasteiger partial charge in [-0.2, -0.15) is 0 Å². The van der Waals surface area contributed by atoms with Crippen LogP contribution in [0.2, 0.25) is 0 Å². The fourth-order valence-electron chi connectivity index (χ4n) is 2.24. The van der Waals surface area contributed by atoms with Crippen LogP contribution < -0.4 is 5.32 Å². The quantitative estimate of drug-likeness (QED) is 0.535. The molecule has 0 saturated heterocycles. The Morgan fingerprint density at radius 1 is 1.13 bits per heavy atom. The number of rotatable bonds is 5. The van der Waals surface area contributed by atoms with Gasteiger partial charge < -0.3 is 5.32 Å². The summed E-state index contributed by atoms with van der Waals surface area (Å²) >= 11 is 1.52. The summed E-state index contributed by atoms with van der Waals surface area (Å²) in [7, 11) is 0. The van der Waals surface area contributed by atoms with E-state index in [2.05, 4.69) is 29.4 Å². The van der Waals surface area contributed by atoms with E-state index in [0.717, 1.165) is 16.4 Å². The Morgan fingerprint density at radius 2 is 1.83 bits per heavy atom. The van der Waals surface area contributed by atoms with Crippen molar-refractivity contribution in [1.29, 1.82) is 0 Å². The molecule has 5 nitrogen and oxygen atoms in total. The number of nitrogens with zero attached hydrogens (tertiary/aromatic N) is 2. The molecule has 0 aliphatic carbocycles. The second-order valence-electron chi connectivity index (χ2n) is 5.12. The molecule has 6 heteroatoms. The first-order chi connectivity index (χ1) is 11.1. The lowest BCUT2D eigenvalue weighted by atomic mass is 10.1. The van der Waals surface area contributed by atoms with Gasteiger partial charge in [0.25, 0.3) is 5.69 Å². The van der Waals surface area contributed by atoms with Crippen LogP contribution in [0.4, 0.5) is 10.8 Å². The maximum absolute atomic E-state index is 10.7. The Morgan fingerprint density at radius 3 is 2.48 bits per heavy atom. The van der Waals surface area contributed by atoms with Crippen LogP contribution >= 0.6 is 11.3 Å². The van der Waals surface area contributed by atoms with E-state index >= 15 is 0 Å². The first-order valence-corrected chi connectivity index (χ1v) is 8.03. The summed E-state index contributed by atoms with van der Waals surface area (Å²) in [6.45, 7) is 2.09. The van der Waals surface area contributed by atoms with Gasteiger partial charge in [0.2, 0.25) is 0 Å². The summed E-state index contributed by atoms with van der Waals surface area (Å²) < 4.78 is 0. The van der Waals surface area contributed by atoms with E-state index in [4.69, 9.17) is 0 Å². The summed E-state index contributed by atoms with van der Waals surface area (Å²) in [6, 6.07) is 16.7. The fraction of sp³-hybridized carbons (Fsp3) is 0.118. The van der Waals surface area contributed by atoms with Crippen molar-refractivity contribution >= 4 is 22.2 Å². The van der Waals surface area contributed by atoms with E-state index < -0.39 is 4.92 Å². The molecular weight excluding hydrogens is 310 g/mol. The molecule has 0 fully saturated rings. The van der Waals surface area contributed by atoms with Crippen molar-refractivity contribution in [2.75, 3.05) is 5.32 Å². The Balaban J connectivity index is 1.74. The Bertz CT molecular complexity index is 800. The van der Waals surface area contributed by atoms with Crippen molar-refractivity contribution in [2.24, 2.45) is 0 Å². The summed E-state index contributed by atoms with van der Waals surface area (Å²) in [4.78, 5) is 14.8. The van der Waals surface area contributed by atoms with E-state index in [1.54, 1.807) is 12.1 Å². The van der Waals surface area contributed by atoms with Crippen molar-refractivity contribution in [2.45, 2.75) is 13.0 Å². The predicted molar refractivity (Wildman–Crippen MR) is 92.7 cm³/mol. The normalized spacial score (nSPS) is 11.9. The second kappa shape index (κ2) is 6.58. The molecule has 0 amide bonds. The molecule has 1 atom stereocenters. The molecule has 1 heterocycles. The number of non-ortho nitro benzene ring substituents is 1.